The molecule has 0 spiro atoms. The van der Waals surface area contributed by atoms with Gasteiger partial charge in [0.25, 0.3) is 5.91 Å². The summed E-state index contributed by atoms with van der Waals surface area (Å²) in [6, 6.07) is 9.42. The quantitative estimate of drug-likeness (QED) is 0.447. The normalized spacial score (nSPS) is 11.6. The van der Waals surface area contributed by atoms with Crippen molar-refractivity contribution in [2.24, 2.45) is 10.7 Å². The number of hydrogen-bond acceptors (Lipinski definition) is 6. The van der Waals surface area contributed by atoms with Crippen LogP contribution < -0.4 is 11.1 Å². The summed E-state index contributed by atoms with van der Waals surface area (Å²) < 4.78 is 12.9. The van der Waals surface area contributed by atoms with Gasteiger partial charge in [-0.1, -0.05) is 11.6 Å². The molecule has 0 aliphatic heterocycles. The summed E-state index contributed by atoms with van der Waals surface area (Å²) in [5.41, 5.74) is 7.63. The second kappa shape index (κ2) is 10.2. The van der Waals surface area contributed by atoms with Crippen LogP contribution in [0.3, 0.4) is 0 Å². The molecule has 0 atom stereocenters. The first-order valence-electron chi connectivity index (χ1n) is 8.97. The van der Waals surface area contributed by atoms with Gasteiger partial charge in [-0.25, -0.2) is 14.4 Å². The second-order valence-electron chi connectivity index (χ2n) is 6.06. The fourth-order valence-electron chi connectivity index (χ4n) is 2.51. The number of pyridine rings is 1. The highest BCUT2D eigenvalue weighted by molar-refractivity contribution is 6.31. The highest BCUT2D eigenvalue weighted by Gasteiger charge is 2.14. The number of nitrogens with one attached hydrogen (secondary N) is 1. The first-order chi connectivity index (χ1) is 14.5. The molecule has 2 aromatic heterocycles. The van der Waals surface area contributed by atoms with E-state index in [1.54, 1.807) is 42.7 Å². The molecule has 0 bridgehead atoms. The Labute approximate surface area is 177 Å². The van der Waals surface area contributed by atoms with Crippen LogP contribution in [-0.4, -0.2) is 40.2 Å². The van der Waals surface area contributed by atoms with Crippen molar-refractivity contribution >= 4 is 29.4 Å². The van der Waals surface area contributed by atoms with Crippen molar-refractivity contribution in [2.75, 3.05) is 13.1 Å². The molecule has 3 rings (SSSR count). The number of nitrogens with zero attached hydrogens (tertiary/aromatic N) is 4. The minimum absolute atomic E-state index is 0.305. The monoisotopic (exact) mass is 424 g/mol. The molecule has 1 aromatic carbocycles. The van der Waals surface area contributed by atoms with Gasteiger partial charge < -0.3 is 11.1 Å². The number of aliphatic imine (C=N–C) groups is 1. The van der Waals surface area contributed by atoms with E-state index in [0.717, 1.165) is 6.20 Å². The van der Waals surface area contributed by atoms with Crippen molar-refractivity contribution < 1.29 is 9.18 Å². The van der Waals surface area contributed by atoms with Crippen LogP contribution in [0.5, 0.6) is 0 Å². The Balaban J connectivity index is 1.57. The number of aromatic nitrogens is 3. The second-order valence-corrected chi connectivity index (χ2v) is 6.49. The Morgan fingerprint density at radius 1 is 1.20 bits per heavy atom. The summed E-state index contributed by atoms with van der Waals surface area (Å²) in [5.74, 6) is -0.300. The SMILES string of the molecule is NC(=CC=NCCNC(=O)c1cc(Cl)ccc1-c1ncccn1)c1ccc(F)cn1. The number of hydrogen-bond donors (Lipinski definition) is 2. The van der Waals surface area contributed by atoms with E-state index in [-0.39, 0.29) is 5.91 Å². The number of allylic oxidation sites excluding steroid dienone is 1. The molecule has 3 aromatic rings. The first kappa shape index (κ1) is 21.1. The summed E-state index contributed by atoms with van der Waals surface area (Å²) in [4.78, 5) is 29.0. The molecule has 3 N–H and O–H groups in total. The van der Waals surface area contributed by atoms with Gasteiger partial charge >= 0.3 is 0 Å². The maximum atomic E-state index is 12.9. The van der Waals surface area contributed by atoms with E-state index >= 15 is 0 Å². The molecular formula is C21H18ClFN6O. The van der Waals surface area contributed by atoms with Crippen LogP contribution in [0.25, 0.3) is 17.1 Å². The molecule has 0 fully saturated rings. The lowest BCUT2D eigenvalue weighted by molar-refractivity contribution is 0.0955. The van der Waals surface area contributed by atoms with Gasteiger partial charge in [-0.2, -0.15) is 0 Å². The fraction of sp³-hybridized carbons (Fsp3) is 0.0952. The summed E-state index contributed by atoms with van der Waals surface area (Å²) >= 11 is 6.05. The molecule has 0 saturated carbocycles. The lowest BCUT2D eigenvalue weighted by atomic mass is 10.1. The molecule has 0 aliphatic rings. The van der Waals surface area contributed by atoms with E-state index in [1.807, 2.05) is 0 Å². The van der Waals surface area contributed by atoms with E-state index in [0.29, 0.717) is 46.5 Å². The average Bonchev–Trinajstić information content (AvgIpc) is 2.76. The predicted octanol–water partition coefficient (Wildman–Crippen LogP) is 3.13. The number of halogens is 2. The summed E-state index contributed by atoms with van der Waals surface area (Å²) in [5, 5.41) is 3.23. The van der Waals surface area contributed by atoms with Crippen LogP contribution in [0.4, 0.5) is 4.39 Å². The average molecular weight is 425 g/mol. The minimum atomic E-state index is -0.433. The van der Waals surface area contributed by atoms with Crippen LogP contribution in [0.1, 0.15) is 16.1 Å². The first-order valence-corrected chi connectivity index (χ1v) is 9.35. The number of nitrogens with two attached hydrogens (primary N) is 1. The number of carbonyl (C=O) groups excluding carboxylic acids is 1. The van der Waals surface area contributed by atoms with E-state index in [1.165, 1.54) is 18.3 Å². The van der Waals surface area contributed by atoms with Gasteiger partial charge in [0.15, 0.2) is 5.82 Å². The highest BCUT2D eigenvalue weighted by atomic mass is 35.5. The number of carbonyl (C=O) groups is 1. The van der Waals surface area contributed by atoms with Crippen LogP contribution in [-0.2, 0) is 0 Å². The zero-order chi connectivity index (χ0) is 21.3. The minimum Gasteiger partial charge on any atom is -0.397 e. The van der Waals surface area contributed by atoms with Gasteiger partial charge in [-0.15, -0.1) is 0 Å². The Hall–Kier alpha value is -3.65. The van der Waals surface area contributed by atoms with Gasteiger partial charge in [0.05, 0.1) is 29.7 Å². The van der Waals surface area contributed by atoms with Crippen molar-refractivity contribution in [1.29, 1.82) is 0 Å². The molecule has 30 heavy (non-hydrogen) atoms. The lowest BCUT2D eigenvalue weighted by Crippen LogP contribution is -2.26. The topological polar surface area (TPSA) is 106 Å². The Morgan fingerprint density at radius 3 is 2.73 bits per heavy atom. The zero-order valence-electron chi connectivity index (χ0n) is 15.8. The van der Waals surface area contributed by atoms with Crippen LogP contribution in [0, 0.1) is 5.82 Å². The number of rotatable bonds is 7. The molecule has 152 valence electrons. The third-order valence-corrected chi connectivity index (χ3v) is 4.18. The summed E-state index contributed by atoms with van der Waals surface area (Å²) in [6.07, 6.45) is 7.37. The largest absolute Gasteiger partial charge is 0.397 e. The van der Waals surface area contributed by atoms with Gasteiger partial charge in [0.1, 0.15) is 5.82 Å². The van der Waals surface area contributed by atoms with Crippen molar-refractivity contribution in [3.63, 3.8) is 0 Å². The fourth-order valence-corrected chi connectivity index (χ4v) is 2.68. The molecule has 0 aliphatic carbocycles. The van der Waals surface area contributed by atoms with E-state index < -0.39 is 5.82 Å². The molecule has 0 saturated heterocycles. The van der Waals surface area contributed by atoms with Gasteiger partial charge in [0, 0.05) is 35.7 Å². The zero-order valence-corrected chi connectivity index (χ0v) is 16.6. The molecule has 7 nitrogen and oxygen atoms in total. The summed E-state index contributed by atoms with van der Waals surface area (Å²) in [6.45, 7) is 0.642. The van der Waals surface area contributed by atoms with Crippen molar-refractivity contribution in [2.45, 2.75) is 0 Å². The van der Waals surface area contributed by atoms with Crippen LogP contribution in [0.15, 0.2) is 66.1 Å². The lowest BCUT2D eigenvalue weighted by Gasteiger charge is -2.09. The molecular weight excluding hydrogens is 407 g/mol. The molecule has 0 radical (unpaired) electrons. The van der Waals surface area contributed by atoms with Crippen LogP contribution >= 0.6 is 11.6 Å². The van der Waals surface area contributed by atoms with Gasteiger partial charge in [-0.3, -0.25) is 14.8 Å². The Kier molecular flexibility index (Phi) is 7.18. The van der Waals surface area contributed by atoms with Crippen molar-refractivity contribution in [3.05, 3.63) is 83.2 Å². The standard InChI is InChI=1S/C21H18ClFN6O/c22-14-2-4-16(20-26-7-1-8-27-20)17(12-14)21(30)28-11-10-25-9-6-18(24)19-5-3-15(23)13-29-19/h1-9,12-13H,10-11,24H2,(H,28,30). The molecule has 9 heteroatoms. The molecule has 2 heterocycles. The third kappa shape index (κ3) is 5.68. The Bertz CT molecular complexity index is 1070. The predicted molar refractivity (Wildman–Crippen MR) is 115 cm³/mol. The third-order valence-electron chi connectivity index (χ3n) is 3.94. The highest BCUT2D eigenvalue weighted by Crippen LogP contribution is 2.23. The van der Waals surface area contributed by atoms with Crippen molar-refractivity contribution in [3.8, 4) is 11.4 Å². The summed E-state index contributed by atoms with van der Waals surface area (Å²) in [7, 11) is 0. The van der Waals surface area contributed by atoms with Gasteiger partial charge in [-0.05, 0) is 42.5 Å². The van der Waals surface area contributed by atoms with Gasteiger partial charge in [0.2, 0.25) is 0 Å². The molecule has 1 amide bonds. The number of amides is 1. The van der Waals surface area contributed by atoms with Crippen molar-refractivity contribution in [1.82, 2.24) is 20.3 Å². The molecule has 0 unspecified atom stereocenters. The van der Waals surface area contributed by atoms with E-state index in [2.05, 4.69) is 25.3 Å². The van der Waals surface area contributed by atoms with E-state index in [4.69, 9.17) is 17.3 Å². The number of benzene rings is 1. The Morgan fingerprint density at radius 2 is 2.00 bits per heavy atom. The maximum Gasteiger partial charge on any atom is 0.252 e. The van der Waals surface area contributed by atoms with E-state index in [9.17, 15) is 9.18 Å². The maximum absolute atomic E-state index is 12.9. The smallest absolute Gasteiger partial charge is 0.252 e. The van der Waals surface area contributed by atoms with Crippen LogP contribution in [0.2, 0.25) is 5.02 Å².